The summed E-state index contributed by atoms with van der Waals surface area (Å²) >= 11 is 0. The summed E-state index contributed by atoms with van der Waals surface area (Å²) in [5.74, 6) is 0.207. The molecule has 7 nitrogen and oxygen atoms in total. The molecule has 0 aliphatic carbocycles. The van der Waals surface area contributed by atoms with Gasteiger partial charge in [-0.15, -0.1) is 4.40 Å². The number of amides is 1. The summed E-state index contributed by atoms with van der Waals surface area (Å²) in [6.07, 6.45) is 1.62. The molecule has 0 aromatic heterocycles. The predicted molar refractivity (Wildman–Crippen MR) is 97.8 cm³/mol. The van der Waals surface area contributed by atoms with Crippen LogP contribution in [0.3, 0.4) is 0 Å². The molecule has 2 heterocycles. The quantitative estimate of drug-likeness (QED) is 0.647. The second kappa shape index (κ2) is 5.77. The fourth-order valence-corrected chi connectivity index (χ4v) is 4.34. The lowest BCUT2D eigenvalue weighted by Crippen LogP contribution is -2.21. The van der Waals surface area contributed by atoms with Gasteiger partial charge in [-0.05, 0) is 42.3 Å². The first-order valence-electron chi connectivity index (χ1n) is 8.04. The summed E-state index contributed by atoms with van der Waals surface area (Å²) in [5, 5.41) is 8.61. The molecule has 1 N–H and O–H groups in total. The highest BCUT2D eigenvalue weighted by Gasteiger charge is 2.30. The Morgan fingerprint density at radius 3 is 2.77 bits per heavy atom. The third-order valence-corrected chi connectivity index (χ3v) is 5.76. The fourth-order valence-electron chi connectivity index (χ4n) is 3.11. The maximum absolute atomic E-state index is 12.1. The molecule has 0 bridgehead atoms. The summed E-state index contributed by atoms with van der Waals surface area (Å²) in [5.41, 5.74) is 2.94. The van der Waals surface area contributed by atoms with Crippen molar-refractivity contribution in [2.24, 2.45) is 9.50 Å². The van der Waals surface area contributed by atoms with Crippen molar-refractivity contribution >= 4 is 28.0 Å². The number of hydrogen-bond donors (Lipinski definition) is 1. The number of rotatable bonds is 2. The first-order valence-corrected chi connectivity index (χ1v) is 9.48. The molecule has 4 rings (SSSR count). The minimum Gasteiger partial charge on any atom is -0.345 e. The number of carbonyl (C=O) groups excluding carboxylic acids is 1. The van der Waals surface area contributed by atoms with E-state index < -0.39 is 10.0 Å². The molecule has 26 heavy (non-hydrogen) atoms. The molecule has 1 amide bonds. The zero-order valence-corrected chi connectivity index (χ0v) is 15.0. The second-order valence-corrected chi connectivity index (χ2v) is 7.77. The Hall–Kier alpha value is -3.00. The number of hydrogen-bond acceptors (Lipinski definition) is 5. The van der Waals surface area contributed by atoms with Crippen molar-refractivity contribution in [3.05, 3.63) is 64.7 Å². The molecule has 2 aliphatic heterocycles. The van der Waals surface area contributed by atoms with Crippen LogP contribution in [-0.2, 0) is 10.0 Å². The number of amidine groups is 1. The Labute approximate surface area is 151 Å². The zero-order chi connectivity index (χ0) is 18.5. The number of nitrogens with one attached hydrogen (secondary N) is 1. The Bertz CT molecular complexity index is 1090. The van der Waals surface area contributed by atoms with E-state index in [-0.39, 0.29) is 22.7 Å². The van der Waals surface area contributed by atoms with Gasteiger partial charge in [-0.2, -0.15) is 13.5 Å². The van der Waals surface area contributed by atoms with Crippen LogP contribution in [0.2, 0.25) is 0 Å². The molecule has 0 saturated carbocycles. The number of nitrogens with zero attached hydrogens (tertiary/aromatic N) is 3. The van der Waals surface area contributed by atoms with Gasteiger partial charge in [-0.3, -0.25) is 4.79 Å². The lowest BCUT2D eigenvalue weighted by atomic mass is 10.0. The van der Waals surface area contributed by atoms with E-state index in [1.807, 2.05) is 13.0 Å². The average Bonchev–Trinajstić information content (AvgIpc) is 3.06. The molecular weight excluding hydrogens is 352 g/mol. The van der Waals surface area contributed by atoms with Crippen LogP contribution in [0.25, 0.3) is 0 Å². The van der Waals surface area contributed by atoms with E-state index >= 15 is 0 Å². The lowest BCUT2D eigenvalue weighted by molar-refractivity contribution is 0.0958. The summed E-state index contributed by atoms with van der Waals surface area (Å²) in [6, 6.07) is 12.1. The highest BCUT2D eigenvalue weighted by atomic mass is 32.2. The van der Waals surface area contributed by atoms with Gasteiger partial charge < -0.3 is 5.32 Å². The van der Waals surface area contributed by atoms with E-state index in [1.54, 1.807) is 43.6 Å². The van der Waals surface area contributed by atoms with Crippen molar-refractivity contribution < 1.29 is 13.2 Å². The molecule has 0 radical (unpaired) electrons. The Kier molecular flexibility index (Phi) is 3.66. The first kappa shape index (κ1) is 16.5. The van der Waals surface area contributed by atoms with Gasteiger partial charge in [0.1, 0.15) is 4.90 Å². The average molecular weight is 368 g/mol. The highest BCUT2D eigenvalue weighted by molar-refractivity contribution is 7.90. The highest BCUT2D eigenvalue weighted by Crippen LogP contribution is 2.27. The van der Waals surface area contributed by atoms with Gasteiger partial charge in [-0.1, -0.05) is 18.2 Å². The SMILES string of the molecule is CC1NC(=O)c2ccc(/C=N/N(C)C3=NS(=O)(=O)c4ccccc43)cc21. The lowest BCUT2D eigenvalue weighted by Gasteiger charge is -2.12. The number of carbonyl (C=O) groups is 1. The molecule has 2 aliphatic rings. The van der Waals surface area contributed by atoms with E-state index in [0.29, 0.717) is 11.1 Å². The third-order valence-electron chi connectivity index (χ3n) is 4.43. The minimum absolute atomic E-state index is 0.0418. The summed E-state index contributed by atoms with van der Waals surface area (Å²) in [7, 11) is -2.03. The molecule has 132 valence electrons. The van der Waals surface area contributed by atoms with Crippen LogP contribution in [0.4, 0.5) is 0 Å². The molecule has 2 aromatic carbocycles. The second-order valence-electron chi connectivity index (χ2n) is 6.20. The van der Waals surface area contributed by atoms with Gasteiger partial charge in [0.2, 0.25) is 0 Å². The maximum Gasteiger partial charge on any atom is 0.285 e. The van der Waals surface area contributed by atoms with E-state index in [9.17, 15) is 13.2 Å². The van der Waals surface area contributed by atoms with Gasteiger partial charge in [0.05, 0.1) is 12.3 Å². The van der Waals surface area contributed by atoms with E-state index in [2.05, 4.69) is 14.8 Å². The van der Waals surface area contributed by atoms with Crippen molar-refractivity contribution in [2.45, 2.75) is 17.9 Å². The monoisotopic (exact) mass is 368 g/mol. The first-order chi connectivity index (χ1) is 12.4. The predicted octanol–water partition coefficient (Wildman–Crippen LogP) is 1.91. The van der Waals surface area contributed by atoms with Crippen LogP contribution in [0.5, 0.6) is 0 Å². The van der Waals surface area contributed by atoms with Gasteiger partial charge in [-0.25, -0.2) is 5.01 Å². The summed E-state index contributed by atoms with van der Waals surface area (Å²) < 4.78 is 28.1. The van der Waals surface area contributed by atoms with Crippen molar-refractivity contribution in [3.8, 4) is 0 Å². The van der Waals surface area contributed by atoms with Gasteiger partial charge in [0, 0.05) is 18.2 Å². The Balaban J connectivity index is 1.63. The number of benzene rings is 2. The summed E-state index contributed by atoms with van der Waals surface area (Å²) in [6.45, 7) is 1.92. The van der Waals surface area contributed by atoms with Crippen LogP contribution in [-0.4, -0.2) is 38.4 Å². The van der Waals surface area contributed by atoms with Crippen molar-refractivity contribution in [1.29, 1.82) is 0 Å². The van der Waals surface area contributed by atoms with Crippen LogP contribution in [0.1, 0.15) is 40.0 Å². The zero-order valence-electron chi connectivity index (χ0n) is 14.2. The molecule has 2 aromatic rings. The van der Waals surface area contributed by atoms with E-state index in [0.717, 1.165) is 11.1 Å². The largest absolute Gasteiger partial charge is 0.345 e. The number of hydrazone groups is 1. The summed E-state index contributed by atoms with van der Waals surface area (Å²) in [4.78, 5) is 12.0. The van der Waals surface area contributed by atoms with Gasteiger partial charge >= 0.3 is 0 Å². The van der Waals surface area contributed by atoms with Gasteiger partial charge in [0.15, 0.2) is 5.84 Å². The Morgan fingerprint density at radius 2 is 1.96 bits per heavy atom. The molecule has 0 saturated heterocycles. The fraction of sp³-hybridized carbons (Fsp3) is 0.167. The standard InChI is InChI=1S/C18H16N4O3S/c1-11-15-9-12(7-8-13(15)18(23)20-11)10-19-22(2)17-14-5-3-4-6-16(14)26(24,25)21-17/h3-11H,1-2H3,(H,20,23)/b19-10+. The molecular formula is C18H16N4O3S. The number of fused-ring (bicyclic) bond motifs is 2. The molecule has 1 atom stereocenters. The van der Waals surface area contributed by atoms with Crippen LogP contribution in [0, 0.1) is 0 Å². The van der Waals surface area contributed by atoms with Crippen LogP contribution >= 0.6 is 0 Å². The maximum atomic E-state index is 12.1. The van der Waals surface area contributed by atoms with Gasteiger partial charge in [0.25, 0.3) is 15.9 Å². The van der Waals surface area contributed by atoms with Crippen molar-refractivity contribution in [1.82, 2.24) is 10.3 Å². The Morgan fingerprint density at radius 1 is 1.19 bits per heavy atom. The van der Waals surface area contributed by atoms with Crippen LogP contribution in [0.15, 0.2) is 56.9 Å². The molecule has 8 heteroatoms. The molecule has 0 fully saturated rings. The number of sulfonamides is 1. The van der Waals surface area contributed by atoms with Crippen LogP contribution < -0.4 is 5.32 Å². The van der Waals surface area contributed by atoms with E-state index in [4.69, 9.17) is 0 Å². The topological polar surface area (TPSA) is 91.2 Å². The molecule has 1 unspecified atom stereocenters. The van der Waals surface area contributed by atoms with E-state index in [1.165, 1.54) is 11.1 Å². The third kappa shape index (κ3) is 2.59. The minimum atomic E-state index is -3.68. The smallest absolute Gasteiger partial charge is 0.285 e. The van der Waals surface area contributed by atoms with Crippen molar-refractivity contribution in [2.75, 3.05) is 7.05 Å². The normalized spacial score (nSPS) is 19.8. The van der Waals surface area contributed by atoms with Crippen molar-refractivity contribution in [3.63, 3.8) is 0 Å². The molecule has 0 spiro atoms.